The van der Waals surface area contributed by atoms with Gasteiger partial charge in [0.1, 0.15) is 0 Å². The zero-order chi connectivity index (χ0) is 21.9. The molecule has 145 valence electrons. The van der Waals surface area contributed by atoms with E-state index in [0.29, 0.717) is 11.3 Å². The van der Waals surface area contributed by atoms with Crippen LogP contribution < -0.4 is 0 Å². The first-order valence-corrected chi connectivity index (χ1v) is 8.20. The number of hydrogen-bond acceptors (Lipinski definition) is 5. The number of hydrogen-bond donors (Lipinski definition) is 1. The van der Waals surface area contributed by atoms with Gasteiger partial charge in [0.15, 0.2) is 5.78 Å². The summed E-state index contributed by atoms with van der Waals surface area (Å²) >= 11 is 0. The summed E-state index contributed by atoms with van der Waals surface area (Å²) in [5.41, 5.74) is 2.42. The molecule has 0 amide bonds. The van der Waals surface area contributed by atoms with Crippen LogP contribution in [0, 0.1) is 12.9 Å². The van der Waals surface area contributed by atoms with Gasteiger partial charge in [-0.1, -0.05) is 23.1 Å². The van der Waals surface area contributed by atoms with Crippen molar-refractivity contribution in [3.63, 3.8) is 0 Å². The maximum Gasteiger partial charge on any atom is 0.216 e. The fraction of sp³-hybridized carbons (Fsp3) is 0.136. The van der Waals surface area contributed by atoms with Gasteiger partial charge in [0, 0.05) is 47.6 Å². The predicted molar refractivity (Wildman–Crippen MR) is 105 cm³/mol. The summed E-state index contributed by atoms with van der Waals surface area (Å²) in [5, 5.41) is 10.0. The SMILES string of the molecule is CC(=O)/C=C(/C)O.[2H]C([2H])([2H])c1ccc2c(n1)oc1c(-c3ccccn3)[c-]ccc12.[Ir]. The molecule has 0 aliphatic heterocycles. The van der Waals surface area contributed by atoms with E-state index in [1.165, 1.54) is 26.0 Å². The van der Waals surface area contributed by atoms with Crippen molar-refractivity contribution in [1.29, 1.82) is 0 Å². The van der Waals surface area contributed by atoms with Gasteiger partial charge in [-0.2, -0.15) is 0 Å². The minimum Gasteiger partial charge on any atom is -0.512 e. The Kier molecular flexibility index (Phi) is 5.80. The first-order chi connectivity index (χ1) is 14.2. The quantitative estimate of drug-likeness (QED) is 0.210. The van der Waals surface area contributed by atoms with Crippen molar-refractivity contribution in [3.8, 4) is 11.3 Å². The summed E-state index contributed by atoms with van der Waals surface area (Å²) in [6, 6.07) is 15.7. The molecule has 4 rings (SSSR count). The average molecular weight is 555 g/mol. The van der Waals surface area contributed by atoms with Gasteiger partial charge < -0.3 is 14.5 Å². The van der Waals surface area contributed by atoms with Crippen molar-refractivity contribution in [2.75, 3.05) is 0 Å². The standard InChI is InChI=1S/C17H11N2O.C5H8O2.Ir/c1-11-8-9-13-12-5-4-6-14(15-7-2-3-10-18-15)16(12)20-17(13)19-11;1-4(6)3-5(2)7;/h2-5,7-10H,1H3;3,6H,1-2H3;/q-1;;/b;4-3-;/i1D3;;. The molecule has 28 heavy (non-hydrogen) atoms. The Morgan fingerprint density at radius 1 is 1.21 bits per heavy atom. The van der Waals surface area contributed by atoms with E-state index in [1.54, 1.807) is 18.3 Å². The van der Waals surface area contributed by atoms with Crippen LogP contribution in [0.25, 0.3) is 33.3 Å². The number of ketones is 1. The van der Waals surface area contributed by atoms with E-state index < -0.39 is 6.85 Å². The topological polar surface area (TPSA) is 76.2 Å². The zero-order valence-electron chi connectivity index (χ0n) is 18.2. The Morgan fingerprint density at radius 3 is 2.64 bits per heavy atom. The average Bonchev–Trinajstić information content (AvgIpc) is 3.05. The molecular formula is C22H19IrN2O3-. The molecular weight excluding hydrogens is 532 g/mol. The molecule has 0 aliphatic carbocycles. The summed E-state index contributed by atoms with van der Waals surface area (Å²) in [5.74, 6) is -0.0625. The molecule has 3 heterocycles. The summed E-state index contributed by atoms with van der Waals surface area (Å²) in [7, 11) is 0. The number of fused-ring (bicyclic) bond motifs is 3. The molecule has 3 aromatic heterocycles. The number of aliphatic hydroxyl groups excluding tert-OH is 1. The van der Waals surface area contributed by atoms with Gasteiger partial charge in [-0.25, -0.2) is 4.98 Å². The maximum atomic E-state index is 10.0. The van der Waals surface area contributed by atoms with Crippen LogP contribution in [-0.4, -0.2) is 20.9 Å². The van der Waals surface area contributed by atoms with Crippen molar-refractivity contribution in [2.24, 2.45) is 0 Å². The van der Waals surface area contributed by atoms with Crippen LogP contribution in [0.2, 0.25) is 0 Å². The number of carbonyl (C=O) groups excluding carboxylic acids is 1. The third-order valence-electron chi connectivity index (χ3n) is 3.63. The molecule has 5 nitrogen and oxygen atoms in total. The largest absolute Gasteiger partial charge is 0.512 e. The molecule has 0 fully saturated rings. The number of rotatable bonds is 2. The van der Waals surface area contributed by atoms with E-state index in [9.17, 15) is 4.79 Å². The van der Waals surface area contributed by atoms with E-state index in [-0.39, 0.29) is 37.3 Å². The monoisotopic (exact) mass is 555 g/mol. The molecule has 0 saturated carbocycles. The molecule has 4 aromatic rings. The van der Waals surface area contributed by atoms with Crippen molar-refractivity contribution in [3.05, 3.63) is 72.3 Å². The Labute approximate surface area is 180 Å². The molecule has 0 atom stereocenters. The second kappa shape index (κ2) is 9.40. The first kappa shape index (κ1) is 17.3. The maximum absolute atomic E-state index is 10.0. The summed E-state index contributed by atoms with van der Waals surface area (Å²) in [6.45, 7) is 0.588. The van der Waals surface area contributed by atoms with Gasteiger partial charge in [-0.3, -0.25) is 4.79 Å². The Bertz CT molecular complexity index is 1230. The van der Waals surface area contributed by atoms with E-state index in [2.05, 4.69) is 16.0 Å². The normalized spacial score (nSPS) is 12.9. The summed E-state index contributed by atoms with van der Waals surface area (Å²) < 4.78 is 28.3. The number of aromatic nitrogens is 2. The third kappa shape index (κ3) is 4.91. The molecule has 1 N–H and O–H groups in total. The second-order valence-electron chi connectivity index (χ2n) is 5.86. The van der Waals surface area contributed by atoms with Gasteiger partial charge >= 0.3 is 0 Å². The van der Waals surface area contributed by atoms with Crippen molar-refractivity contribution in [2.45, 2.75) is 20.7 Å². The number of allylic oxidation sites excluding steroid dienone is 2. The molecule has 0 aliphatic rings. The van der Waals surface area contributed by atoms with Gasteiger partial charge in [0.2, 0.25) is 5.71 Å². The predicted octanol–water partition coefficient (Wildman–Crippen LogP) is 5.19. The second-order valence-corrected chi connectivity index (χ2v) is 5.86. The van der Waals surface area contributed by atoms with E-state index in [0.717, 1.165) is 22.0 Å². The van der Waals surface area contributed by atoms with Crippen molar-refractivity contribution in [1.82, 2.24) is 9.97 Å². The van der Waals surface area contributed by atoms with E-state index in [4.69, 9.17) is 13.6 Å². The fourth-order valence-electron chi connectivity index (χ4n) is 2.62. The minimum absolute atomic E-state index is 0. The van der Waals surface area contributed by atoms with Crippen molar-refractivity contribution < 1.29 is 38.5 Å². The van der Waals surface area contributed by atoms with Crippen LogP contribution in [0.4, 0.5) is 0 Å². The molecule has 6 heteroatoms. The summed E-state index contributed by atoms with van der Waals surface area (Å²) in [6.07, 6.45) is 2.87. The number of nitrogens with zero attached hydrogens (tertiary/aromatic N) is 2. The van der Waals surface area contributed by atoms with Crippen LogP contribution in [0.3, 0.4) is 0 Å². The number of aliphatic hydroxyl groups is 1. The Balaban J connectivity index is 0.000000373. The molecule has 0 saturated heterocycles. The fourth-order valence-corrected chi connectivity index (χ4v) is 2.62. The molecule has 0 bridgehead atoms. The smallest absolute Gasteiger partial charge is 0.216 e. The number of carbonyl (C=O) groups is 1. The third-order valence-corrected chi connectivity index (χ3v) is 3.63. The Morgan fingerprint density at radius 2 is 2.04 bits per heavy atom. The first-order valence-electron chi connectivity index (χ1n) is 9.70. The Hall–Kier alpha value is -2.82. The van der Waals surface area contributed by atoms with E-state index in [1.807, 2.05) is 24.3 Å². The minimum atomic E-state index is -2.26. The van der Waals surface area contributed by atoms with Crippen LogP contribution >= 0.6 is 0 Å². The van der Waals surface area contributed by atoms with Crippen LogP contribution in [-0.2, 0) is 24.9 Å². The van der Waals surface area contributed by atoms with E-state index >= 15 is 0 Å². The number of pyridine rings is 2. The van der Waals surface area contributed by atoms with Gasteiger partial charge in [-0.05, 0) is 44.6 Å². The molecule has 0 spiro atoms. The molecule has 1 aromatic carbocycles. The van der Waals surface area contributed by atoms with Gasteiger partial charge in [0.25, 0.3) is 0 Å². The number of furan rings is 1. The molecule has 1 radical (unpaired) electrons. The van der Waals surface area contributed by atoms with Crippen LogP contribution in [0.15, 0.2) is 64.9 Å². The van der Waals surface area contributed by atoms with Gasteiger partial charge in [0.05, 0.1) is 11.3 Å². The van der Waals surface area contributed by atoms with Crippen LogP contribution in [0.5, 0.6) is 0 Å². The molecule has 0 unspecified atom stereocenters. The van der Waals surface area contributed by atoms with Gasteiger partial charge in [-0.15, -0.1) is 18.2 Å². The summed E-state index contributed by atoms with van der Waals surface area (Å²) in [4.78, 5) is 18.5. The number of aryl methyl sites for hydroxylation is 1. The number of benzene rings is 1. The zero-order valence-corrected chi connectivity index (χ0v) is 17.6. The van der Waals surface area contributed by atoms with Crippen molar-refractivity contribution >= 4 is 27.9 Å². The van der Waals surface area contributed by atoms with Crippen LogP contribution in [0.1, 0.15) is 23.7 Å².